The van der Waals surface area contributed by atoms with Gasteiger partial charge in [-0.1, -0.05) is 0 Å². The van der Waals surface area contributed by atoms with E-state index in [1.54, 1.807) is 0 Å². The summed E-state index contributed by atoms with van der Waals surface area (Å²) in [5.41, 5.74) is 0. The van der Waals surface area contributed by atoms with Gasteiger partial charge in [0.25, 0.3) is 0 Å². The van der Waals surface area contributed by atoms with Crippen LogP contribution in [0, 0.1) is 5.92 Å². The summed E-state index contributed by atoms with van der Waals surface area (Å²) in [5, 5.41) is 1.23. The molecule has 2 rings (SSSR count). The molecular formula is C12H16OSe. The van der Waals surface area contributed by atoms with E-state index in [1.807, 2.05) is 0 Å². The predicted molar refractivity (Wildman–Crippen MR) is 60.2 cm³/mol. The zero-order chi connectivity index (χ0) is 9.80. The van der Waals surface area contributed by atoms with E-state index in [-0.39, 0.29) is 0 Å². The number of ether oxygens (including phenoxy) is 1. The molecule has 1 aromatic rings. The van der Waals surface area contributed by atoms with Crippen molar-refractivity contribution in [1.82, 2.24) is 0 Å². The molecule has 1 nitrogen and oxygen atoms in total. The molecular weight excluding hydrogens is 239 g/mol. The molecule has 0 saturated carbocycles. The van der Waals surface area contributed by atoms with E-state index in [1.165, 1.54) is 16.2 Å². The summed E-state index contributed by atoms with van der Waals surface area (Å²) in [5.74, 6) is 0.764. The van der Waals surface area contributed by atoms with E-state index >= 15 is 0 Å². The zero-order valence-electron chi connectivity index (χ0n) is 8.48. The molecule has 2 heteroatoms. The van der Waals surface area contributed by atoms with Crippen molar-refractivity contribution in [2.24, 2.45) is 5.92 Å². The summed E-state index contributed by atoms with van der Waals surface area (Å²) < 4.78 is 7.19. The molecule has 0 aliphatic carbocycles. The van der Waals surface area contributed by atoms with Gasteiger partial charge in [0, 0.05) is 0 Å². The Morgan fingerprint density at radius 1 is 1.36 bits per heavy atom. The maximum absolute atomic E-state index is 5.70. The fourth-order valence-electron chi connectivity index (χ4n) is 1.66. The second kappa shape index (κ2) is 4.97. The minimum atomic E-state index is 0.523. The van der Waals surface area contributed by atoms with E-state index < -0.39 is 0 Å². The van der Waals surface area contributed by atoms with E-state index in [0.717, 1.165) is 12.5 Å². The molecule has 1 heterocycles. The third-order valence-corrected chi connectivity index (χ3v) is 5.01. The average molecular weight is 255 g/mol. The van der Waals surface area contributed by atoms with Gasteiger partial charge in [-0.3, -0.25) is 0 Å². The summed E-state index contributed by atoms with van der Waals surface area (Å²) in [6, 6.07) is 10.8. The van der Waals surface area contributed by atoms with Gasteiger partial charge >= 0.3 is 91.8 Å². The van der Waals surface area contributed by atoms with Crippen molar-refractivity contribution in [1.29, 1.82) is 0 Å². The van der Waals surface area contributed by atoms with Crippen molar-refractivity contribution < 1.29 is 4.74 Å². The fourth-order valence-corrected chi connectivity index (χ4v) is 4.04. The first-order valence-corrected chi connectivity index (χ1v) is 7.22. The first-order valence-electron chi connectivity index (χ1n) is 5.16. The number of benzene rings is 1. The van der Waals surface area contributed by atoms with Crippen LogP contribution in [-0.4, -0.2) is 27.7 Å². The van der Waals surface area contributed by atoms with Gasteiger partial charge in [0.1, 0.15) is 0 Å². The number of hydrogen-bond donors (Lipinski definition) is 0. The Morgan fingerprint density at radius 3 is 2.79 bits per heavy atom. The van der Waals surface area contributed by atoms with Gasteiger partial charge in [-0.25, -0.2) is 0 Å². The van der Waals surface area contributed by atoms with E-state index in [9.17, 15) is 0 Å². The Balaban J connectivity index is 1.82. The minimum absolute atomic E-state index is 0.523. The first-order chi connectivity index (χ1) is 6.86. The molecule has 1 aliphatic rings. The maximum atomic E-state index is 5.70. The summed E-state index contributed by atoms with van der Waals surface area (Å²) >= 11 is 0.588. The first kappa shape index (κ1) is 10.2. The molecule has 0 bridgehead atoms. The zero-order valence-corrected chi connectivity index (χ0v) is 10.2. The third-order valence-electron chi connectivity index (χ3n) is 2.70. The number of rotatable bonds is 3. The van der Waals surface area contributed by atoms with Crippen molar-refractivity contribution in [3.63, 3.8) is 0 Å². The van der Waals surface area contributed by atoms with Crippen molar-refractivity contribution in [2.45, 2.75) is 24.8 Å². The van der Waals surface area contributed by atoms with Crippen LogP contribution in [0.4, 0.5) is 0 Å². The van der Waals surface area contributed by atoms with Crippen molar-refractivity contribution in [2.75, 3.05) is 6.61 Å². The summed E-state index contributed by atoms with van der Waals surface area (Å²) in [4.78, 5) is 0. The molecule has 1 fully saturated rings. The van der Waals surface area contributed by atoms with Crippen LogP contribution in [0.25, 0.3) is 0 Å². The molecule has 0 spiro atoms. The molecule has 14 heavy (non-hydrogen) atoms. The average Bonchev–Trinajstić information content (AvgIpc) is 2.63. The molecule has 76 valence electrons. The SMILES string of the molecule is C[C@@H]1CCO[C@H]1C[Se]c1ccccc1. The molecule has 2 atom stereocenters. The predicted octanol–water partition coefficient (Wildman–Crippen LogP) is 1.86. The van der Waals surface area contributed by atoms with Crippen molar-refractivity contribution in [3.8, 4) is 0 Å². The molecule has 1 aliphatic heterocycles. The Morgan fingerprint density at radius 2 is 2.14 bits per heavy atom. The van der Waals surface area contributed by atoms with Crippen LogP contribution >= 0.6 is 0 Å². The van der Waals surface area contributed by atoms with E-state index in [0.29, 0.717) is 21.1 Å². The Labute approximate surface area is 92.0 Å². The second-order valence-corrected chi connectivity index (χ2v) is 6.09. The molecule has 0 N–H and O–H groups in total. The van der Waals surface area contributed by atoms with Crippen LogP contribution < -0.4 is 4.46 Å². The summed E-state index contributed by atoms with van der Waals surface area (Å²) in [6.45, 7) is 3.27. The molecule has 1 saturated heterocycles. The fraction of sp³-hybridized carbons (Fsp3) is 0.500. The van der Waals surface area contributed by atoms with Crippen LogP contribution in [0.15, 0.2) is 30.3 Å². The summed E-state index contributed by atoms with van der Waals surface area (Å²) in [7, 11) is 0. The van der Waals surface area contributed by atoms with Gasteiger partial charge in [0.05, 0.1) is 0 Å². The van der Waals surface area contributed by atoms with Crippen LogP contribution in [0.5, 0.6) is 0 Å². The molecule has 0 amide bonds. The van der Waals surface area contributed by atoms with E-state index in [4.69, 9.17) is 4.74 Å². The van der Waals surface area contributed by atoms with Gasteiger partial charge < -0.3 is 0 Å². The molecule has 0 radical (unpaired) electrons. The molecule has 0 unspecified atom stereocenters. The molecule has 1 aromatic carbocycles. The van der Waals surface area contributed by atoms with Crippen molar-refractivity contribution >= 4 is 19.4 Å². The van der Waals surface area contributed by atoms with Crippen molar-refractivity contribution in [3.05, 3.63) is 30.3 Å². The van der Waals surface area contributed by atoms with Gasteiger partial charge in [0.2, 0.25) is 0 Å². The van der Waals surface area contributed by atoms with Gasteiger partial charge in [-0.15, -0.1) is 0 Å². The Kier molecular flexibility index (Phi) is 3.63. The topological polar surface area (TPSA) is 9.23 Å². The quantitative estimate of drug-likeness (QED) is 0.749. The Bertz CT molecular complexity index is 273. The normalized spacial score (nSPS) is 26.6. The third kappa shape index (κ3) is 2.60. The number of hydrogen-bond acceptors (Lipinski definition) is 1. The van der Waals surface area contributed by atoms with Gasteiger partial charge in [0.15, 0.2) is 0 Å². The van der Waals surface area contributed by atoms with Gasteiger partial charge in [-0.05, 0) is 0 Å². The van der Waals surface area contributed by atoms with Gasteiger partial charge in [-0.2, -0.15) is 0 Å². The van der Waals surface area contributed by atoms with Crippen LogP contribution in [0.3, 0.4) is 0 Å². The second-order valence-electron chi connectivity index (χ2n) is 3.80. The molecule has 0 aromatic heterocycles. The summed E-state index contributed by atoms with van der Waals surface area (Å²) in [6.07, 6.45) is 1.77. The monoisotopic (exact) mass is 256 g/mol. The van der Waals surface area contributed by atoms with Crippen LogP contribution in [0.2, 0.25) is 5.32 Å². The van der Waals surface area contributed by atoms with E-state index in [2.05, 4.69) is 37.3 Å². The Hall–Kier alpha value is -0.301. The van der Waals surface area contributed by atoms with Crippen LogP contribution in [0.1, 0.15) is 13.3 Å². The standard InChI is InChI=1S/C12H16OSe/c1-10-7-8-13-12(10)9-14-11-5-3-2-4-6-11/h2-6,10,12H,7-9H2,1H3/t10-,12+/m1/s1. The van der Waals surface area contributed by atoms with Crippen LogP contribution in [-0.2, 0) is 4.74 Å².